The number of carbonyl (C=O) groups excluding carboxylic acids is 1. The maximum absolute atomic E-state index is 11.9. The molecule has 1 unspecified atom stereocenters. The molecule has 0 spiro atoms. The lowest BCUT2D eigenvalue weighted by atomic mass is 9.91. The van der Waals surface area contributed by atoms with Crippen molar-refractivity contribution >= 4 is 24.0 Å². The van der Waals surface area contributed by atoms with Gasteiger partial charge >= 0.3 is 0 Å². The predicted octanol–water partition coefficient (Wildman–Crippen LogP) is 2.28. The molecule has 1 amide bonds. The minimum Gasteiger partial charge on any atom is -0.484 e. The van der Waals surface area contributed by atoms with Gasteiger partial charge in [0, 0.05) is 24.2 Å². The van der Waals surface area contributed by atoms with Gasteiger partial charge in [-0.3, -0.25) is 14.9 Å². The minimum absolute atomic E-state index is 0. The van der Waals surface area contributed by atoms with Crippen LogP contribution in [0.3, 0.4) is 0 Å². The van der Waals surface area contributed by atoms with Crippen LogP contribution in [0.15, 0.2) is 24.3 Å². The molecule has 0 fully saturated rings. The van der Waals surface area contributed by atoms with Crippen molar-refractivity contribution < 1.29 is 14.5 Å². The maximum atomic E-state index is 11.9. The Labute approximate surface area is 142 Å². The molecule has 0 aliphatic heterocycles. The van der Waals surface area contributed by atoms with Crippen molar-refractivity contribution in [2.75, 3.05) is 13.2 Å². The fraction of sp³-hybridized carbons (Fsp3) is 0.533. The highest BCUT2D eigenvalue weighted by Gasteiger charge is 2.25. The lowest BCUT2D eigenvalue weighted by molar-refractivity contribution is -0.384. The van der Waals surface area contributed by atoms with Crippen molar-refractivity contribution in [3.8, 4) is 5.75 Å². The predicted molar refractivity (Wildman–Crippen MR) is 90.9 cm³/mol. The Bertz CT molecular complexity index is 522. The van der Waals surface area contributed by atoms with Crippen LogP contribution in [0, 0.1) is 16.0 Å². The molecular formula is C15H24ClN3O4. The van der Waals surface area contributed by atoms with Crippen LogP contribution in [0.25, 0.3) is 0 Å². The highest BCUT2D eigenvalue weighted by atomic mass is 35.5. The molecule has 1 aromatic rings. The van der Waals surface area contributed by atoms with Gasteiger partial charge in [-0.25, -0.2) is 0 Å². The molecule has 0 saturated heterocycles. The second kappa shape index (κ2) is 9.32. The van der Waals surface area contributed by atoms with Gasteiger partial charge in [-0.1, -0.05) is 13.8 Å². The number of nitrogens with one attached hydrogen (secondary N) is 1. The van der Waals surface area contributed by atoms with Crippen LogP contribution in [0.4, 0.5) is 5.69 Å². The van der Waals surface area contributed by atoms with Crippen LogP contribution in [0.2, 0.25) is 0 Å². The highest BCUT2D eigenvalue weighted by molar-refractivity contribution is 5.85. The number of ether oxygens (including phenoxy) is 1. The van der Waals surface area contributed by atoms with Crippen LogP contribution in [0.1, 0.15) is 27.2 Å². The molecule has 1 aromatic carbocycles. The number of non-ortho nitro benzene ring substituents is 1. The molecule has 0 heterocycles. The Hall–Kier alpha value is -1.86. The minimum atomic E-state index is -0.491. The molecule has 0 aliphatic rings. The number of nitrogens with zero attached hydrogens (tertiary/aromatic N) is 1. The SMILES string of the molecule is CC(C)CC(C)(CN)NC(=O)COc1ccc([N+](=O)[O-])cc1.Cl. The monoisotopic (exact) mass is 345 g/mol. The number of benzene rings is 1. The van der Waals surface area contributed by atoms with Gasteiger partial charge in [0.15, 0.2) is 6.61 Å². The Morgan fingerprint density at radius 3 is 2.39 bits per heavy atom. The summed E-state index contributed by atoms with van der Waals surface area (Å²) in [6, 6.07) is 5.58. The second-order valence-corrected chi connectivity index (χ2v) is 5.95. The summed E-state index contributed by atoms with van der Waals surface area (Å²) in [4.78, 5) is 22.0. The van der Waals surface area contributed by atoms with Gasteiger partial charge in [-0.2, -0.15) is 0 Å². The molecule has 23 heavy (non-hydrogen) atoms. The van der Waals surface area contributed by atoms with Crippen molar-refractivity contribution in [1.29, 1.82) is 0 Å². The standard InChI is InChI=1S/C15H23N3O4.ClH/c1-11(2)8-15(3,10-16)17-14(19)9-22-13-6-4-12(5-7-13)18(20)21;/h4-7,11H,8-10,16H2,1-3H3,(H,17,19);1H. The zero-order chi connectivity index (χ0) is 16.8. The van der Waals surface area contributed by atoms with E-state index in [0.29, 0.717) is 18.2 Å². The van der Waals surface area contributed by atoms with E-state index in [1.807, 2.05) is 6.92 Å². The Morgan fingerprint density at radius 2 is 1.96 bits per heavy atom. The highest BCUT2D eigenvalue weighted by Crippen LogP contribution is 2.18. The van der Waals surface area contributed by atoms with E-state index in [1.54, 1.807) is 0 Å². The molecule has 1 atom stereocenters. The molecule has 0 aliphatic carbocycles. The molecular weight excluding hydrogens is 322 g/mol. The summed E-state index contributed by atoms with van der Waals surface area (Å²) in [5, 5.41) is 13.4. The van der Waals surface area contributed by atoms with Gasteiger partial charge in [0.05, 0.1) is 4.92 Å². The van der Waals surface area contributed by atoms with Crippen molar-refractivity contribution in [2.45, 2.75) is 32.7 Å². The molecule has 130 valence electrons. The molecule has 0 aromatic heterocycles. The number of hydrogen-bond donors (Lipinski definition) is 2. The number of nitrogens with two attached hydrogens (primary N) is 1. The second-order valence-electron chi connectivity index (χ2n) is 5.95. The first-order valence-electron chi connectivity index (χ1n) is 7.14. The number of rotatable bonds is 8. The van der Waals surface area contributed by atoms with Gasteiger partial charge < -0.3 is 15.8 Å². The van der Waals surface area contributed by atoms with Crippen LogP contribution >= 0.6 is 12.4 Å². The van der Waals surface area contributed by atoms with Gasteiger partial charge in [-0.15, -0.1) is 12.4 Å². The number of hydrogen-bond acceptors (Lipinski definition) is 5. The third-order valence-electron chi connectivity index (χ3n) is 3.17. The van der Waals surface area contributed by atoms with Crippen molar-refractivity contribution in [1.82, 2.24) is 5.32 Å². The summed E-state index contributed by atoms with van der Waals surface area (Å²) in [7, 11) is 0. The van der Waals surface area contributed by atoms with Crippen molar-refractivity contribution in [2.24, 2.45) is 11.7 Å². The van der Waals surface area contributed by atoms with Crippen LogP contribution in [0.5, 0.6) is 5.75 Å². The average Bonchev–Trinajstić information content (AvgIpc) is 2.44. The summed E-state index contributed by atoms with van der Waals surface area (Å²) < 4.78 is 5.32. The number of nitro groups is 1. The van der Waals surface area contributed by atoms with E-state index in [1.165, 1.54) is 24.3 Å². The van der Waals surface area contributed by atoms with E-state index >= 15 is 0 Å². The zero-order valence-corrected chi connectivity index (χ0v) is 14.4. The first-order valence-corrected chi connectivity index (χ1v) is 7.14. The van der Waals surface area contributed by atoms with E-state index in [-0.39, 0.29) is 30.6 Å². The molecule has 0 saturated carbocycles. The third-order valence-corrected chi connectivity index (χ3v) is 3.17. The van der Waals surface area contributed by atoms with Gasteiger partial charge in [0.1, 0.15) is 5.75 Å². The Kier molecular flexibility index (Phi) is 8.56. The number of carbonyl (C=O) groups is 1. The average molecular weight is 346 g/mol. The maximum Gasteiger partial charge on any atom is 0.269 e. The van der Waals surface area contributed by atoms with Crippen LogP contribution in [-0.2, 0) is 4.79 Å². The first kappa shape index (κ1) is 21.1. The van der Waals surface area contributed by atoms with E-state index < -0.39 is 10.5 Å². The van der Waals surface area contributed by atoms with Crippen molar-refractivity contribution in [3.63, 3.8) is 0 Å². The first-order chi connectivity index (χ1) is 10.3. The number of nitro benzene ring substituents is 1. The van der Waals surface area contributed by atoms with E-state index in [9.17, 15) is 14.9 Å². The van der Waals surface area contributed by atoms with Crippen LogP contribution in [-0.4, -0.2) is 29.5 Å². The molecule has 3 N–H and O–H groups in total. The van der Waals surface area contributed by atoms with E-state index in [2.05, 4.69) is 19.2 Å². The quantitative estimate of drug-likeness (QED) is 0.555. The Morgan fingerprint density at radius 1 is 1.39 bits per heavy atom. The molecule has 7 nitrogen and oxygen atoms in total. The fourth-order valence-electron chi connectivity index (χ4n) is 2.27. The normalized spacial score (nSPS) is 12.9. The lowest BCUT2D eigenvalue weighted by Gasteiger charge is -2.31. The topological polar surface area (TPSA) is 107 Å². The summed E-state index contributed by atoms with van der Waals surface area (Å²) in [5.74, 6) is 0.537. The van der Waals surface area contributed by atoms with E-state index in [4.69, 9.17) is 10.5 Å². The lowest BCUT2D eigenvalue weighted by Crippen LogP contribution is -2.53. The summed E-state index contributed by atoms with van der Waals surface area (Å²) in [6.07, 6.45) is 0.771. The molecule has 0 radical (unpaired) electrons. The molecule has 0 bridgehead atoms. The summed E-state index contributed by atoms with van der Waals surface area (Å²) in [6.45, 7) is 6.21. The van der Waals surface area contributed by atoms with Crippen LogP contribution < -0.4 is 15.8 Å². The summed E-state index contributed by atoms with van der Waals surface area (Å²) in [5.41, 5.74) is 5.24. The van der Waals surface area contributed by atoms with Gasteiger partial charge in [-0.05, 0) is 31.4 Å². The van der Waals surface area contributed by atoms with Gasteiger partial charge in [0.2, 0.25) is 0 Å². The van der Waals surface area contributed by atoms with Gasteiger partial charge in [0.25, 0.3) is 11.6 Å². The number of amides is 1. The summed E-state index contributed by atoms with van der Waals surface area (Å²) >= 11 is 0. The molecule has 8 heteroatoms. The fourth-order valence-corrected chi connectivity index (χ4v) is 2.27. The number of halogens is 1. The Balaban J connectivity index is 0.00000484. The van der Waals surface area contributed by atoms with E-state index in [0.717, 1.165) is 6.42 Å². The molecule has 1 rings (SSSR count). The smallest absolute Gasteiger partial charge is 0.269 e. The largest absolute Gasteiger partial charge is 0.484 e. The van der Waals surface area contributed by atoms with Crippen molar-refractivity contribution in [3.05, 3.63) is 34.4 Å². The third kappa shape index (κ3) is 7.30. The zero-order valence-electron chi connectivity index (χ0n) is 13.6.